The second-order valence-corrected chi connectivity index (χ2v) is 13.4. The fourth-order valence-electron chi connectivity index (χ4n) is 5.66. The van der Waals surface area contributed by atoms with Crippen LogP contribution in [-0.2, 0) is 76.0 Å². The predicted molar refractivity (Wildman–Crippen MR) is 172 cm³/mol. The van der Waals surface area contributed by atoms with E-state index in [4.69, 9.17) is 97.1 Å². The Morgan fingerprint density at radius 1 is 0.920 bits per heavy atom. The first-order valence-electron chi connectivity index (χ1n) is 15.1. The molecule has 18 nitrogen and oxygen atoms in total. The fourth-order valence-corrected chi connectivity index (χ4v) is 5.79. The molecule has 0 radical (unpaired) electrons. The van der Waals surface area contributed by atoms with Crippen LogP contribution in [0.3, 0.4) is 0 Å². The number of rotatable bonds is 16. The average molecular weight is 784 g/mol. The van der Waals surface area contributed by atoms with Crippen LogP contribution in [0.25, 0.3) is 0 Å². The molecule has 2 fully saturated rings. The topological polar surface area (TPSA) is 215 Å². The minimum absolute atomic E-state index is 0.0457. The molecule has 2 aliphatic heterocycles. The van der Waals surface area contributed by atoms with Crippen molar-refractivity contribution in [3.63, 3.8) is 0 Å². The van der Waals surface area contributed by atoms with E-state index in [9.17, 15) is 19.2 Å². The van der Waals surface area contributed by atoms with Gasteiger partial charge in [0.05, 0.1) is 25.9 Å². The molecule has 2 aliphatic rings. The maximum Gasteiger partial charge on any atom is 0.366 e. The van der Waals surface area contributed by atoms with Crippen molar-refractivity contribution in [1.82, 2.24) is 5.32 Å². The van der Waals surface area contributed by atoms with E-state index in [2.05, 4.69) is 5.32 Å². The molecule has 0 amide bonds. The standard InChI is InChI=1S/C29H45Cl3N2O16/c1-13(35)44-12-18-21(45-14(2)36)23(24(46-15(3)37)25(47-18)48-26(33)29(30,31)32)50-28(27(38)43-9)10-16(40-6)19(34-4)22(49-28)20(42-8)17(41-7)11-39-5/h16-25,33-34H,10-12H2,1-9H3/t16-,17+,18+,19+,20+,21-,22+,23-,24+,25?,28-/m0/s1. The van der Waals surface area contributed by atoms with Crippen molar-refractivity contribution < 1.29 is 76.0 Å². The zero-order chi connectivity index (χ0) is 38.0. The maximum atomic E-state index is 13.9. The van der Waals surface area contributed by atoms with Gasteiger partial charge in [0.25, 0.3) is 9.58 Å². The Hall–Kier alpha value is -2.10. The van der Waals surface area contributed by atoms with Gasteiger partial charge in [-0.2, -0.15) is 0 Å². The Kier molecular flexibility index (Phi) is 17.3. The number of likely N-dealkylation sites (N-methyl/N-ethyl adjacent to an activating group) is 1. The molecule has 11 atom stereocenters. The molecule has 2 rings (SSSR count). The second-order valence-electron chi connectivity index (χ2n) is 11.1. The molecule has 0 saturated carbocycles. The van der Waals surface area contributed by atoms with Crippen LogP contribution in [0.15, 0.2) is 0 Å². The predicted octanol–water partition coefficient (Wildman–Crippen LogP) is 0.825. The molecule has 288 valence electrons. The normalized spacial score (nSPS) is 31.1. The van der Waals surface area contributed by atoms with E-state index in [-0.39, 0.29) is 13.0 Å². The molecule has 0 bridgehead atoms. The van der Waals surface area contributed by atoms with Gasteiger partial charge in [-0.25, -0.2) is 4.79 Å². The van der Waals surface area contributed by atoms with E-state index in [1.807, 2.05) is 0 Å². The van der Waals surface area contributed by atoms with Gasteiger partial charge < -0.3 is 62.2 Å². The zero-order valence-corrected chi connectivity index (χ0v) is 31.3. The van der Waals surface area contributed by atoms with Gasteiger partial charge in [-0.1, -0.05) is 34.8 Å². The number of hydrogen-bond donors (Lipinski definition) is 2. The molecular weight excluding hydrogens is 739 g/mol. The first-order valence-corrected chi connectivity index (χ1v) is 16.2. The summed E-state index contributed by atoms with van der Waals surface area (Å²) in [5.74, 6) is -7.05. The number of ether oxygens (including phenoxy) is 12. The van der Waals surface area contributed by atoms with Crippen molar-refractivity contribution in [2.24, 2.45) is 0 Å². The van der Waals surface area contributed by atoms with Gasteiger partial charge in [-0.15, -0.1) is 0 Å². The van der Waals surface area contributed by atoms with Crippen molar-refractivity contribution in [2.75, 3.05) is 55.8 Å². The molecule has 0 aromatic rings. The molecule has 1 unspecified atom stereocenters. The summed E-state index contributed by atoms with van der Waals surface area (Å²) in [6, 6.07) is -0.665. The molecule has 2 N–H and O–H groups in total. The van der Waals surface area contributed by atoms with Crippen LogP contribution in [0.2, 0.25) is 0 Å². The first kappa shape index (κ1) is 44.1. The summed E-state index contributed by atoms with van der Waals surface area (Å²) in [4.78, 5) is 50.8. The smallest absolute Gasteiger partial charge is 0.366 e. The van der Waals surface area contributed by atoms with Gasteiger partial charge >= 0.3 is 23.9 Å². The van der Waals surface area contributed by atoms with Gasteiger partial charge in [-0.05, 0) is 7.05 Å². The molecule has 0 aromatic heterocycles. The van der Waals surface area contributed by atoms with Gasteiger partial charge in [0, 0.05) is 55.6 Å². The van der Waals surface area contributed by atoms with Crippen LogP contribution in [0.1, 0.15) is 27.2 Å². The third-order valence-electron chi connectivity index (χ3n) is 7.74. The lowest BCUT2D eigenvalue weighted by Crippen LogP contribution is -2.71. The maximum absolute atomic E-state index is 13.9. The zero-order valence-electron chi connectivity index (χ0n) is 29.1. The molecule has 21 heteroatoms. The molecular formula is C29H45Cl3N2O16. The lowest BCUT2D eigenvalue weighted by molar-refractivity contribution is -0.367. The van der Waals surface area contributed by atoms with Crippen LogP contribution < -0.4 is 5.32 Å². The Morgan fingerprint density at radius 3 is 2.00 bits per heavy atom. The summed E-state index contributed by atoms with van der Waals surface area (Å²) in [6.45, 7) is 2.67. The molecule has 50 heavy (non-hydrogen) atoms. The van der Waals surface area contributed by atoms with Crippen molar-refractivity contribution in [1.29, 1.82) is 5.41 Å². The summed E-state index contributed by atoms with van der Waals surface area (Å²) >= 11 is 17.6. The number of halogens is 3. The van der Waals surface area contributed by atoms with Crippen molar-refractivity contribution in [2.45, 2.75) is 97.9 Å². The van der Waals surface area contributed by atoms with Gasteiger partial charge in [0.15, 0.2) is 12.2 Å². The molecule has 2 saturated heterocycles. The van der Waals surface area contributed by atoms with Crippen molar-refractivity contribution in [3.8, 4) is 0 Å². The Morgan fingerprint density at radius 2 is 1.54 bits per heavy atom. The highest BCUT2D eigenvalue weighted by Crippen LogP contribution is 2.41. The highest BCUT2D eigenvalue weighted by molar-refractivity contribution is 6.76. The highest BCUT2D eigenvalue weighted by atomic mass is 35.6. The van der Waals surface area contributed by atoms with Gasteiger partial charge in [0.1, 0.15) is 37.1 Å². The number of hydrogen-bond acceptors (Lipinski definition) is 18. The molecule has 2 heterocycles. The number of methoxy groups -OCH3 is 5. The Bertz CT molecular complexity index is 1180. The highest BCUT2D eigenvalue weighted by Gasteiger charge is 2.62. The van der Waals surface area contributed by atoms with E-state index in [1.165, 1.54) is 28.4 Å². The van der Waals surface area contributed by atoms with Crippen LogP contribution >= 0.6 is 34.8 Å². The largest absolute Gasteiger partial charge is 0.465 e. The molecule has 0 aromatic carbocycles. The average Bonchev–Trinajstić information content (AvgIpc) is 3.04. The number of carbonyl (C=O) groups is 4. The lowest BCUT2D eigenvalue weighted by atomic mass is 9.87. The van der Waals surface area contributed by atoms with E-state index in [0.29, 0.717) is 0 Å². The third-order valence-corrected chi connectivity index (χ3v) is 8.26. The SMILES string of the molecule is CN[C@H]1[C@H]([C@H](OC)[C@@H](COC)OC)O[C@@](O[C@H]2[C@@H](OC(C)=O)[C@@H](COC(C)=O)OC(OC(=N)C(Cl)(Cl)Cl)[C@@H]2OC(C)=O)(C(=O)OC)C[C@@H]1OC. The fraction of sp³-hybridized carbons (Fsp3) is 0.828. The summed E-state index contributed by atoms with van der Waals surface area (Å²) in [7, 11) is 8.38. The quantitative estimate of drug-likeness (QED) is 0.0729. The number of alkyl halides is 3. The first-order chi connectivity index (χ1) is 23.4. The monoisotopic (exact) mass is 782 g/mol. The van der Waals surface area contributed by atoms with E-state index in [0.717, 1.165) is 27.9 Å². The van der Waals surface area contributed by atoms with Crippen LogP contribution in [0.4, 0.5) is 0 Å². The summed E-state index contributed by atoms with van der Waals surface area (Å²) in [5.41, 5.74) is 0. The summed E-state index contributed by atoms with van der Waals surface area (Å²) < 4.78 is 66.0. The summed E-state index contributed by atoms with van der Waals surface area (Å²) in [6.07, 6.45) is -12.5. The van der Waals surface area contributed by atoms with Gasteiger partial charge in [0.2, 0.25) is 12.2 Å². The number of esters is 4. The molecule has 0 spiro atoms. The minimum atomic E-state index is -2.44. The summed E-state index contributed by atoms with van der Waals surface area (Å²) in [5, 5.41) is 11.3. The van der Waals surface area contributed by atoms with Crippen LogP contribution in [0, 0.1) is 5.41 Å². The Labute approximate surface area is 304 Å². The van der Waals surface area contributed by atoms with E-state index in [1.54, 1.807) is 7.05 Å². The Balaban J connectivity index is 2.87. The number of carbonyl (C=O) groups excluding carboxylic acids is 4. The van der Waals surface area contributed by atoms with Crippen LogP contribution in [0.5, 0.6) is 0 Å². The second kappa shape index (κ2) is 19.7. The lowest BCUT2D eigenvalue weighted by Gasteiger charge is -2.52. The van der Waals surface area contributed by atoms with Crippen molar-refractivity contribution in [3.05, 3.63) is 0 Å². The number of nitrogens with one attached hydrogen (secondary N) is 2. The van der Waals surface area contributed by atoms with E-state index < -0.39 is 107 Å². The van der Waals surface area contributed by atoms with E-state index >= 15 is 0 Å². The van der Waals surface area contributed by atoms with Crippen molar-refractivity contribution >= 4 is 64.6 Å². The van der Waals surface area contributed by atoms with Crippen LogP contribution in [-0.4, -0.2) is 156 Å². The minimum Gasteiger partial charge on any atom is -0.465 e. The third kappa shape index (κ3) is 11.2. The van der Waals surface area contributed by atoms with Gasteiger partial charge in [-0.3, -0.25) is 19.8 Å². The molecule has 0 aliphatic carbocycles.